The van der Waals surface area contributed by atoms with Gasteiger partial charge in [0.1, 0.15) is 11.4 Å². The SMILES string of the molecule is COc1ccc(C2=C(Nc3ccc(C)c(C)c3)C(=O)N(c3cccc4ccccc34)C2=O)cc1. The van der Waals surface area contributed by atoms with Crippen molar-refractivity contribution in [2.45, 2.75) is 13.8 Å². The number of ether oxygens (including phenoxy) is 1. The molecular weight excluding hydrogens is 424 g/mol. The van der Waals surface area contributed by atoms with Crippen LogP contribution in [-0.2, 0) is 9.59 Å². The molecule has 0 saturated heterocycles. The van der Waals surface area contributed by atoms with E-state index in [0.29, 0.717) is 22.6 Å². The van der Waals surface area contributed by atoms with Crippen LogP contribution in [0.1, 0.15) is 16.7 Å². The molecule has 1 heterocycles. The predicted molar refractivity (Wildman–Crippen MR) is 136 cm³/mol. The van der Waals surface area contributed by atoms with Crippen LogP contribution in [0.3, 0.4) is 0 Å². The molecular formula is C29H24N2O3. The van der Waals surface area contributed by atoms with Gasteiger partial charge in [-0.05, 0) is 66.3 Å². The molecule has 0 saturated carbocycles. The summed E-state index contributed by atoms with van der Waals surface area (Å²) in [5, 5.41) is 5.05. The number of hydrogen-bond acceptors (Lipinski definition) is 4. The molecule has 1 N–H and O–H groups in total. The number of nitrogens with one attached hydrogen (secondary N) is 1. The van der Waals surface area contributed by atoms with Gasteiger partial charge in [-0.2, -0.15) is 0 Å². The van der Waals surface area contributed by atoms with Gasteiger partial charge in [0.15, 0.2) is 0 Å². The third-order valence-corrected chi connectivity index (χ3v) is 6.25. The van der Waals surface area contributed by atoms with E-state index in [0.717, 1.165) is 27.6 Å². The third-order valence-electron chi connectivity index (χ3n) is 6.25. The van der Waals surface area contributed by atoms with Crippen molar-refractivity contribution in [3.63, 3.8) is 0 Å². The van der Waals surface area contributed by atoms with Crippen LogP contribution in [0.4, 0.5) is 11.4 Å². The first-order valence-corrected chi connectivity index (χ1v) is 11.1. The maximum Gasteiger partial charge on any atom is 0.282 e. The monoisotopic (exact) mass is 448 g/mol. The van der Waals surface area contributed by atoms with Gasteiger partial charge in [0.2, 0.25) is 0 Å². The van der Waals surface area contributed by atoms with Crippen LogP contribution < -0.4 is 15.0 Å². The van der Waals surface area contributed by atoms with E-state index in [2.05, 4.69) is 5.32 Å². The minimum atomic E-state index is -0.384. The van der Waals surface area contributed by atoms with Gasteiger partial charge in [0.25, 0.3) is 11.8 Å². The zero-order valence-corrected chi connectivity index (χ0v) is 19.3. The van der Waals surface area contributed by atoms with Gasteiger partial charge in [0, 0.05) is 11.1 Å². The van der Waals surface area contributed by atoms with Crippen LogP contribution in [0, 0.1) is 13.8 Å². The Hall–Kier alpha value is -4.38. The number of carbonyl (C=O) groups is 2. The summed E-state index contributed by atoms with van der Waals surface area (Å²) < 4.78 is 5.27. The normalized spacial score (nSPS) is 13.7. The second-order valence-corrected chi connectivity index (χ2v) is 8.35. The number of methoxy groups -OCH3 is 1. The molecule has 34 heavy (non-hydrogen) atoms. The molecule has 0 aromatic heterocycles. The van der Waals surface area contributed by atoms with E-state index in [1.165, 1.54) is 4.90 Å². The van der Waals surface area contributed by atoms with Crippen molar-refractivity contribution in [2.24, 2.45) is 0 Å². The molecule has 5 heteroatoms. The van der Waals surface area contributed by atoms with Crippen LogP contribution in [-0.4, -0.2) is 18.9 Å². The fourth-order valence-electron chi connectivity index (χ4n) is 4.26. The molecule has 0 spiro atoms. The summed E-state index contributed by atoms with van der Waals surface area (Å²) in [4.78, 5) is 28.9. The predicted octanol–water partition coefficient (Wildman–Crippen LogP) is 5.86. The highest BCUT2D eigenvalue weighted by Gasteiger charge is 2.40. The zero-order chi connectivity index (χ0) is 23.8. The number of hydrogen-bond donors (Lipinski definition) is 1. The van der Waals surface area contributed by atoms with Crippen molar-refractivity contribution in [2.75, 3.05) is 17.3 Å². The maximum absolute atomic E-state index is 13.8. The standard InChI is InChI=1S/C29H24N2O3/c1-18-11-14-22(17-19(18)2)30-27-26(21-12-15-23(34-3)16-13-21)28(32)31(29(27)33)25-10-6-8-20-7-4-5-9-24(20)25/h4-17,30H,1-3H3. The molecule has 1 aliphatic heterocycles. The number of nitrogens with zero attached hydrogens (tertiary/aromatic N) is 1. The fourth-order valence-corrected chi connectivity index (χ4v) is 4.26. The lowest BCUT2D eigenvalue weighted by Gasteiger charge is -2.18. The Balaban J connectivity index is 1.65. The topological polar surface area (TPSA) is 58.6 Å². The molecule has 0 bridgehead atoms. The quantitative estimate of drug-likeness (QED) is 0.389. The molecule has 0 fully saturated rings. The Kier molecular flexibility index (Phi) is 5.38. The lowest BCUT2D eigenvalue weighted by Crippen LogP contribution is -2.32. The van der Waals surface area contributed by atoms with Crippen LogP contribution in [0.25, 0.3) is 16.3 Å². The number of imide groups is 1. The summed E-state index contributed by atoms with van der Waals surface area (Å²) in [5.74, 6) is -0.0704. The Morgan fingerprint density at radius 3 is 2.24 bits per heavy atom. The Morgan fingerprint density at radius 2 is 1.50 bits per heavy atom. The Bertz CT molecular complexity index is 1460. The average Bonchev–Trinajstić information content (AvgIpc) is 3.10. The molecule has 5 nitrogen and oxygen atoms in total. The van der Waals surface area contributed by atoms with E-state index < -0.39 is 0 Å². The number of amides is 2. The largest absolute Gasteiger partial charge is 0.497 e. The Labute approximate surface area is 198 Å². The van der Waals surface area contributed by atoms with E-state index in [9.17, 15) is 9.59 Å². The molecule has 0 radical (unpaired) electrons. The minimum absolute atomic E-state index is 0.256. The second-order valence-electron chi connectivity index (χ2n) is 8.35. The summed E-state index contributed by atoms with van der Waals surface area (Å²) in [6, 6.07) is 26.4. The molecule has 168 valence electrons. The summed E-state index contributed by atoms with van der Waals surface area (Å²) in [7, 11) is 1.59. The van der Waals surface area contributed by atoms with Crippen LogP contribution >= 0.6 is 0 Å². The first-order valence-electron chi connectivity index (χ1n) is 11.1. The number of fused-ring (bicyclic) bond motifs is 1. The molecule has 5 rings (SSSR count). The highest BCUT2D eigenvalue weighted by atomic mass is 16.5. The van der Waals surface area contributed by atoms with Gasteiger partial charge in [-0.15, -0.1) is 0 Å². The zero-order valence-electron chi connectivity index (χ0n) is 19.3. The maximum atomic E-state index is 13.8. The molecule has 4 aromatic rings. The van der Waals surface area contributed by atoms with E-state index in [-0.39, 0.29) is 17.5 Å². The molecule has 0 atom stereocenters. The highest BCUT2D eigenvalue weighted by Crippen LogP contribution is 2.37. The van der Waals surface area contributed by atoms with Gasteiger partial charge >= 0.3 is 0 Å². The molecule has 0 unspecified atom stereocenters. The van der Waals surface area contributed by atoms with Crippen molar-refractivity contribution in [1.82, 2.24) is 0 Å². The van der Waals surface area contributed by atoms with Gasteiger partial charge in [-0.1, -0.05) is 54.6 Å². The molecule has 0 aliphatic carbocycles. The number of carbonyl (C=O) groups excluding carboxylic acids is 2. The lowest BCUT2D eigenvalue weighted by atomic mass is 10.0. The van der Waals surface area contributed by atoms with E-state index in [1.807, 2.05) is 74.5 Å². The summed E-state index contributed by atoms with van der Waals surface area (Å²) in [5.41, 5.74) is 4.81. The number of aryl methyl sites for hydroxylation is 2. The van der Waals surface area contributed by atoms with Crippen molar-refractivity contribution in [3.8, 4) is 5.75 Å². The van der Waals surface area contributed by atoms with Crippen molar-refractivity contribution < 1.29 is 14.3 Å². The minimum Gasteiger partial charge on any atom is -0.497 e. The van der Waals surface area contributed by atoms with Gasteiger partial charge in [0.05, 0.1) is 18.4 Å². The third kappa shape index (κ3) is 3.61. The smallest absolute Gasteiger partial charge is 0.282 e. The lowest BCUT2D eigenvalue weighted by molar-refractivity contribution is -0.120. The van der Waals surface area contributed by atoms with Crippen molar-refractivity contribution in [1.29, 1.82) is 0 Å². The van der Waals surface area contributed by atoms with Crippen molar-refractivity contribution in [3.05, 3.63) is 107 Å². The number of rotatable bonds is 5. The van der Waals surface area contributed by atoms with E-state index in [1.54, 1.807) is 31.4 Å². The highest BCUT2D eigenvalue weighted by molar-refractivity contribution is 6.47. The average molecular weight is 449 g/mol. The van der Waals surface area contributed by atoms with Crippen LogP contribution in [0.15, 0.2) is 90.6 Å². The van der Waals surface area contributed by atoms with E-state index in [4.69, 9.17) is 4.74 Å². The fraction of sp³-hybridized carbons (Fsp3) is 0.103. The van der Waals surface area contributed by atoms with Crippen LogP contribution in [0.2, 0.25) is 0 Å². The summed E-state index contributed by atoms with van der Waals surface area (Å²) in [6.07, 6.45) is 0. The van der Waals surface area contributed by atoms with Gasteiger partial charge in [-0.25, -0.2) is 4.90 Å². The van der Waals surface area contributed by atoms with Gasteiger partial charge in [-0.3, -0.25) is 9.59 Å². The molecule has 4 aromatic carbocycles. The van der Waals surface area contributed by atoms with Crippen molar-refractivity contribution >= 4 is 39.5 Å². The molecule has 2 amide bonds. The Morgan fingerprint density at radius 1 is 0.765 bits per heavy atom. The summed E-state index contributed by atoms with van der Waals surface area (Å²) >= 11 is 0. The first-order chi connectivity index (χ1) is 16.5. The van der Waals surface area contributed by atoms with Crippen LogP contribution in [0.5, 0.6) is 5.75 Å². The molecule has 1 aliphatic rings. The summed E-state index contributed by atoms with van der Waals surface area (Å²) in [6.45, 7) is 4.05. The van der Waals surface area contributed by atoms with E-state index >= 15 is 0 Å². The second kappa shape index (κ2) is 8.52. The first kappa shape index (κ1) is 21.5. The number of anilines is 2. The number of benzene rings is 4. The van der Waals surface area contributed by atoms with Gasteiger partial charge < -0.3 is 10.1 Å².